The Balaban J connectivity index is 1.90. The van der Waals surface area contributed by atoms with Gasteiger partial charge in [-0.1, -0.05) is 36.4 Å². The number of aromatic amines is 1. The zero-order valence-corrected chi connectivity index (χ0v) is 13.8. The van der Waals surface area contributed by atoms with Gasteiger partial charge in [-0.2, -0.15) is 4.57 Å². The van der Waals surface area contributed by atoms with Crippen molar-refractivity contribution < 1.29 is 8.98 Å². The molecule has 0 atom stereocenters. The van der Waals surface area contributed by atoms with Crippen LogP contribution in [0.5, 0.6) is 0 Å². The summed E-state index contributed by atoms with van der Waals surface area (Å²) in [6.45, 7) is 0. The Labute approximate surface area is 142 Å². The first-order valence-corrected chi connectivity index (χ1v) is 8.76. The van der Waals surface area contributed by atoms with E-state index in [2.05, 4.69) is 4.98 Å². The van der Waals surface area contributed by atoms with E-state index in [4.69, 9.17) is 4.42 Å². The Kier molecular flexibility index (Phi) is 3.70. The van der Waals surface area contributed by atoms with Crippen molar-refractivity contribution in [2.24, 2.45) is 0 Å². The minimum Gasteiger partial charge on any atom is -0.422 e. The van der Waals surface area contributed by atoms with Gasteiger partial charge in [0.15, 0.2) is 5.69 Å². The van der Waals surface area contributed by atoms with Crippen LogP contribution >= 0.6 is 11.8 Å². The maximum atomic E-state index is 12.4. The van der Waals surface area contributed by atoms with E-state index in [0.29, 0.717) is 11.1 Å². The number of imidazole rings is 1. The molecule has 0 spiro atoms. The van der Waals surface area contributed by atoms with E-state index in [-0.39, 0.29) is 5.63 Å². The van der Waals surface area contributed by atoms with Gasteiger partial charge in [0.1, 0.15) is 23.0 Å². The Bertz CT molecular complexity index is 1070. The van der Waals surface area contributed by atoms with Crippen molar-refractivity contribution in [3.63, 3.8) is 0 Å². The molecule has 0 amide bonds. The predicted octanol–water partition coefficient (Wildman–Crippen LogP) is 3.79. The van der Waals surface area contributed by atoms with Crippen molar-refractivity contribution in [1.82, 2.24) is 4.98 Å². The van der Waals surface area contributed by atoms with Crippen LogP contribution in [0.4, 0.5) is 0 Å². The summed E-state index contributed by atoms with van der Waals surface area (Å²) < 4.78 is 7.48. The molecule has 0 aliphatic carbocycles. The van der Waals surface area contributed by atoms with Crippen LogP contribution in [0, 0.1) is 0 Å². The topological polar surface area (TPSA) is 49.9 Å². The summed E-state index contributed by atoms with van der Waals surface area (Å²) in [5, 5.41) is 1.85. The molecule has 4 aromatic rings. The summed E-state index contributed by atoms with van der Waals surface area (Å²) in [4.78, 5) is 15.7. The van der Waals surface area contributed by atoms with Crippen LogP contribution in [-0.4, -0.2) is 11.2 Å². The fraction of sp³-hybridized carbons (Fsp3) is 0.0526. The summed E-state index contributed by atoms with van der Waals surface area (Å²) in [7, 11) is 0. The standard InChI is InChI=1S/C19H14N2O2S/c1-24-19-20-16(12-21(19)14-8-3-2-4-9-14)15-11-13-7-5-6-10-17(13)23-18(15)22/h2-12H,1H3/p+1. The molecule has 0 bridgehead atoms. The molecule has 0 unspecified atom stereocenters. The molecule has 24 heavy (non-hydrogen) atoms. The predicted molar refractivity (Wildman–Crippen MR) is 95.6 cm³/mol. The number of aromatic nitrogens is 2. The molecular weight excluding hydrogens is 320 g/mol. The zero-order valence-electron chi connectivity index (χ0n) is 13.0. The van der Waals surface area contributed by atoms with E-state index in [1.807, 2.05) is 71.6 Å². The monoisotopic (exact) mass is 335 g/mol. The SMILES string of the molecule is CSc1[nH]c(-c2cc3ccccc3oc2=O)c[n+]1-c1ccccc1. The van der Waals surface area contributed by atoms with Crippen LogP contribution in [0.2, 0.25) is 0 Å². The average molecular weight is 335 g/mol. The molecule has 2 heterocycles. The third kappa shape index (κ3) is 2.53. The van der Waals surface area contributed by atoms with E-state index in [1.54, 1.807) is 17.8 Å². The van der Waals surface area contributed by atoms with Gasteiger partial charge in [0, 0.05) is 5.39 Å². The van der Waals surface area contributed by atoms with Crippen LogP contribution < -0.4 is 10.2 Å². The summed E-state index contributed by atoms with van der Waals surface area (Å²) in [6.07, 6.45) is 3.93. The van der Waals surface area contributed by atoms with Gasteiger partial charge < -0.3 is 4.42 Å². The fourth-order valence-corrected chi connectivity index (χ4v) is 3.28. The maximum absolute atomic E-state index is 12.4. The van der Waals surface area contributed by atoms with Crippen molar-refractivity contribution in [1.29, 1.82) is 0 Å². The van der Waals surface area contributed by atoms with E-state index >= 15 is 0 Å². The Hall–Kier alpha value is -2.79. The lowest BCUT2D eigenvalue weighted by molar-refractivity contribution is -0.634. The first kappa shape index (κ1) is 14.8. The van der Waals surface area contributed by atoms with Gasteiger partial charge in [-0.3, -0.25) is 0 Å². The Morgan fingerprint density at radius 2 is 1.79 bits per heavy atom. The van der Waals surface area contributed by atoms with Gasteiger partial charge in [0.05, 0.1) is 0 Å². The van der Waals surface area contributed by atoms with Crippen molar-refractivity contribution in [2.45, 2.75) is 5.16 Å². The molecule has 4 nitrogen and oxygen atoms in total. The van der Waals surface area contributed by atoms with Crippen molar-refractivity contribution in [2.75, 3.05) is 6.26 Å². The minimum absolute atomic E-state index is 0.345. The number of benzene rings is 2. The molecule has 0 aliphatic heterocycles. The van der Waals surface area contributed by atoms with Crippen LogP contribution in [0.3, 0.4) is 0 Å². The van der Waals surface area contributed by atoms with Gasteiger partial charge in [-0.25, -0.2) is 9.78 Å². The maximum Gasteiger partial charge on any atom is 0.348 e. The van der Waals surface area contributed by atoms with Crippen LogP contribution in [-0.2, 0) is 0 Å². The lowest BCUT2D eigenvalue weighted by Gasteiger charge is -1.97. The second-order valence-electron chi connectivity index (χ2n) is 5.37. The molecule has 0 aliphatic rings. The second-order valence-corrected chi connectivity index (χ2v) is 6.16. The number of fused-ring (bicyclic) bond motifs is 1. The van der Waals surface area contributed by atoms with E-state index < -0.39 is 0 Å². The summed E-state index contributed by atoms with van der Waals surface area (Å²) >= 11 is 1.59. The number of nitrogens with zero attached hydrogens (tertiary/aromatic N) is 1. The number of hydrogen-bond donors (Lipinski definition) is 1. The average Bonchev–Trinajstić information content (AvgIpc) is 3.06. The number of rotatable bonds is 3. The third-order valence-corrected chi connectivity index (χ3v) is 4.56. The van der Waals surface area contributed by atoms with Gasteiger partial charge in [0.25, 0.3) is 0 Å². The third-order valence-electron chi connectivity index (χ3n) is 3.88. The van der Waals surface area contributed by atoms with E-state index in [0.717, 1.165) is 21.9 Å². The number of nitrogens with one attached hydrogen (secondary N) is 1. The van der Waals surface area contributed by atoms with Gasteiger partial charge in [-0.05, 0) is 42.3 Å². The van der Waals surface area contributed by atoms with Crippen LogP contribution in [0.15, 0.2) is 81.2 Å². The van der Waals surface area contributed by atoms with Crippen LogP contribution in [0.25, 0.3) is 27.9 Å². The minimum atomic E-state index is -0.345. The van der Waals surface area contributed by atoms with Gasteiger partial charge in [0.2, 0.25) is 0 Å². The molecule has 0 saturated carbocycles. The normalized spacial score (nSPS) is 11.0. The number of para-hydroxylation sites is 2. The van der Waals surface area contributed by atoms with Crippen molar-refractivity contribution in [3.05, 3.63) is 77.3 Å². The number of hydrogen-bond acceptors (Lipinski definition) is 3. The highest BCUT2D eigenvalue weighted by molar-refractivity contribution is 7.98. The summed E-state index contributed by atoms with van der Waals surface area (Å²) in [6, 6.07) is 19.4. The Morgan fingerprint density at radius 1 is 1.04 bits per heavy atom. The molecule has 1 N–H and O–H groups in total. The molecule has 2 aromatic carbocycles. The highest BCUT2D eigenvalue weighted by atomic mass is 32.2. The zero-order chi connectivity index (χ0) is 16.5. The molecule has 4 rings (SSSR count). The van der Waals surface area contributed by atoms with E-state index in [9.17, 15) is 4.79 Å². The number of H-pyrrole nitrogens is 1. The van der Waals surface area contributed by atoms with Crippen LogP contribution in [0.1, 0.15) is 0 Å². The molecule has 2 aromatic heterocycles. The largest absolute Gasteiger partial charge is 0.422 e. The fourth-order valence-electron chi connectivity index (χ4n) is 2.71. The molecular formula is C19H15N2O2S+. The molecule has 5 heteroatoms. The van der Waals surface area contributed by atoms with Gasteiger partial charge in [-0.15, -0.1) is 0 Å². The quantitative estimate of drug-likeness (QED) is 0.352. The summed E-state index contributed by atoms with van der Waals surface area (Å²) in [5.74, 6) is 0. The molecule has 118 valence electrons. The first-order valence-electron chi connectivity index (χ1n) is 7.53. The molecule has 0 fully saturated rings. The number of thioether (sulfide) groups is 1. The Morgan fingerprint density at radius 3 is 2.58 bits per heavy atom. The highest BCUT2D eigenvalue weighted by Gasteiger charge is 2.20. The van der Waals surface area contributed by atoms with Crippen molar-refractivity contribution in [3.8, 4) is 16.9 Å². The van der Waals surface area contributed by atoms with E-state index in [1.165, 1.54) is 0 Å². The smallest absolute Gasteiger partial charge is 0.348 e. The lowest BCUT2D eigenvalue weighted by atomic mass is 10.1. The molecule has 0 radical (unpaired) electrons. The second kappa shape index (κ2) is 6.02. The van der Waals surface area contributed by atoms with Gasteiger partial charge >= 0.3 is 10.8 Å². The van der Waals surface area contributed by atoms with Crippen molar-refractivity contribution >= 4 is 22.7 Å². The lowest BCUT2D eigenvalue weighted by Crippen LogP contribution is -2.30. The first-order chi connectivity index (χ1) is 11.8. The summed E-state index contributed by atoms with van der Waals surface area (Å²) in [5.41, 5.74) is 2.55. The highest BCUT2D eigenvalue weighted by Crippen LogP contribution is 2.21. The molecule has 0 saturated heterocycles.